The Bertz CT molecular complexity index is 1260. The second-order valence-corrected chi connectivity index (χ2v) is 9.35. The summed E-state index contributed by atoms with van der Waals surface area (Å²) in [5, 5.41) is 0.754. The zero-order valence-corrected chi connectivity index (χ0v) is 19.0. The fraction of sp³-hybridized carbons (Fsp3) is 0.375. The topological polar surface area (TPSA) is 73.7 Å². The Morgan fingerprint density at radius 2 is 2.03 bits per heavy atom. The molecule has 0 radical (unpaired) electrons. The molecule has 1 aromatic carbocycles. The third-order valence-corrected chi connectivity index (χ3v) is 7.36. The van der Waals surface area contributed by atoms with E-state index in [-0.39, 0.29) is 28.9 Å². The van der Waals surface area contributed by atoms with Crippen molar-refractivity contribution in [2.24, 2.45) is 0 Å². The molecule has 1 unspecified atom stereocenters. The molecule has 3 aromatic rings. The molecule has 7 nitrogen and oxygen atoms in total. The highest BCUT2D eigenvalue weighted by molar-refractivity contribution is 7.99. The van der Waals surface area contributed by atoms with Crippen LogP contribution in [0.25, 0.3) is 11.0 Å². The van der Waals surface area contributed by atoms with E-state index in [0.717, 1.165) is 29.4 Å². The maximum atomic E-state index is 13.4. The number of thioether (sulfide) groups is 1. The van der Waals surface area contributed by atoms with Gasteiger partial charge < -0.3 is 18.9 Å². The van der Waals surface area contributed by atoms with E-state index in [4.69, 9.17) is 9.47 Å². The summed E-state index contributed by atoms with van der Waals surface area (Å²) in [7, 11) is 0. The molecule has 0 saturated carbocycles. The summed E-state index contributed by atoms with van der Waals surface area (Å²) < 4.78 is 12.8. The van der Waals surface area contributed by atoms with Crippen molar-refractivity contribution in [1.82, 2.24) is 14.5 Å². The van der Waals surface area contributed by atoms with Crippen LogP contribution >= 0.6 is 11.8 Å². The number of amides is 1. The predicted octanol–water partition coefficient (Wildman–Crippen LogP) is 3.77. The summed E-state index contributed by atoms with van der Waals surface area (Å²) in [5.74, 6) is 2.16. The number of aromatic nitrogens is 2. The highest BCUT2D eigenvalue weighted by atomic mass is 32.2. The van der Waals surface area contributed by atoms with Crippen LogP contribution in [0.5, 0.6) is 11.5 Å². The zero-order chi connectivity index (χ0) is 22.2. The summed E-state index contributed by atoms with van der Waals surface area (Å²) >= 11 is 1.83. The molecule has 5 rings (SSSR count). The first-order valence-electron chi connectivity index (χ1n) is 10.9. The largest absolute Gasteiger partial charge is 0.454 e. The van der Waals surface area contributed by atoms with Crippen LogP contribution in [0.4, 0.5) is 0 Å². The Morgan fingerprint density at radius 1 is 1.19 bits per heavy atom. The maximum Gasteiger partial charge on any atom is 0.259 e. The Balaban J connectivity index is 1.39. The lowest BCUT2D eigenvalue weighted by Gasteiger charge is -2.21. The molecule has 0 aliphatic carbocycles. The van der Waals surface area contributed by atoms with E-state index in [2.05, 4.69) is 11.1 Å². The van der Waals surface area contributed by atoms with Gasteiger partial charge in [-0.2, -0.15) is 11.8 Å². The molecule has 1 fully saturated rings. The number of carbonyl (C=O) groups excluding carboxylic acids is 1. The van der Waals surface area contributed by atoms with Gasteiger partial charge in [-0.3, -0.25) is 9.59 Å². The van der Waals surface area contributed by atoms with Crippen molar-refractivity contribution < 1.29 is 14.3 Å². The van der Waals surface area contributed by atoms with Gasteiger partial charge in [-0.25, -0.2) is 4.98 Å². The molecule has 1 saturated heterocycles. The van der Waals surface area contributed by atoms with E-state index < -0.39 is 0 Å². The van der Waals surface area contributed by atoms with Crippen molar-refractivity contribution in [2.45, 2.75) is 32.1 Å². The number of benzene rings is 1. The summed E-state index contributed by atoms with van der Waals surface area (Å²) in [5.41, 5.74) is 2.62. The molecule has 1 amide bonds. The molecule has 0 N–H and O–H groups in total. The van der Waals surface area contributed by atoms with Crippen LogP contribution in [-0.2, 0) is 6.54 Å². The second kappa shape index (κ2) is 8.50. The van der Waals surface area contributed by atoms with Crippen LogP contribution in [0.2, 0.25) is 0 Å². The number of rotatable bonds is 3. The van der Waals surface area contributed by atoms with Gasteiger partial charge in [0, 0.05) is 42.5 Å². The normalized spacial score (nSPS) is 18.1. The highest BCUT2D eigenvalue weighted by Crippen LogP contribution is 2.40. The lowest BCUT2D eigenvalue weighted by Crippen LogP contribution is -2.36. The van der Waals surface area contributed by atoms with E-state index in [0.29, 0.717) is 30.7 Å². The number of ether oxygens (including phenoxy) is 2. The summed E-state index contributed by atoms with van der Waals surface area (Å²) in [6.07, 6.45) is 2.49. The molecule has 1 atom stereocenters. The molecule has 32 heavy (non-hydrogen) atoms. The minimum Gasteiger partial charge on any atom is -0.454 e. The number of pyridine rings is 2. The van der Waals surface area contributed by atoms with Gasteiger partial charge in [-0.1, -0.05) is 6.07 Å². The minimum atomic E-state index is -0.244. The second-order valence-electron chi connectivity index (χ2n) is 8.03. The fourth-order valence-electron chi connectivity index (χ4n) is 4.28. The highest BCUT2D eigenvalue weighted by Gasteiger charge is 2.26. The molecule has 2 aliphatic heterocycles. The van der Waals surface area contributed by atoms with E-state index >= 15 is 0 Å². The van der Waals surface area contributed by atoms with Crippen LogP contribution in [0.1, 0.15) is 40.2 Å². The lowest BCUT2D eigenvalue weighted by atomic mass is 10.1. The van der Waals surface area contributed by atoms with Crippen molar-refractivity contribution in [3.63, 3.8) is 0 Å². The quantitative estimate of drug-likeness (QED) is 0.604. The van der Waals surface area contributed by atoms with Crippen LogP contribution in [-0.4, -0.2) is 46.0 Å². The molecule has 0 spiro atoms. The fourth-order valence-corrected chi connectivity index (χ4v) is 5.50. The molecule has 0 bridgehead atoms. The Kier molecular flexibility index (Phi) is 5.55. The van der Waals surface area contributed by atoms with Gasteiger partial charge in [0.15, 0.2) is 11.5 Å². The van der Waals surface area contributed by atoms with Gasteiger partial charge in [-0.15, -0.1) is 0 Å². The van der Waals surface area contributed by atoms with Crippen LogP contribution in [0, 0.1) is 6.92 Å². The van der Waals surface area contributed by atoms with Crippen molar-refractivity contribution in [3.05, 3.63) is 63.6 Å². The van der Waals surface area contributed by atoms with Gasteiger partial charge in [0.2, 0.25) is 12.2 Å². The van der Waals surface area contributed by atoms with Crippen molar-refractivity contribution >= 4 is 28.7 Å². The third-order valence-electron chi connectivity index (χ3n) is 6.03. The number of hydrogen-bond donors (Lipinski definition) is 0. The van der Waals surface area contributed by atoms with Crippen molar-refractivity contribution in [3.8, 4) is 11.5 Å². The van der Waals surface area contributed by atoms with Crippen molar-refractivity contribution in [1.29, 1.82) is 0 Å². The van der Waals surface area contributed by atoms with Gasteiger partial charge in [0.1, 0.15) is 11.2 Å². The Labute approximate surface area is 190 Å². The van der Waals surface area contributed by atoms with Crippen LogP contribution < -0.4 is 14.9 Å². The van der Waals surface area contributed by atoms with E-state index in [1.165, 1.54) is 5.56 Å². The zero-order valence-electron chi connectivity index (χ0n) is 18.2. The van der Waals surface area contributed by atoms with Crippen LogP contribution in [0.15, 0.2) is 41.3 Å². The summed E-state index contributed by atoms with van der Waals surface area (Å²) in [6.45, 7) is 5.99. The predicted molar refractivity (Wildman–Crippen MR) is 125 cm³/mol. The molecular weight excluding hydrogens is 426 g/mol. The van der Waals surface area contributed by atoms with E-state index in [9.17, 15) is 9.59 Å². The van der Waals surface area contributed by atoms with Crippen LogP contribution in [0.3, 0.4) is 0 Å². The smallest absolute Gasteiger partial charge is 0.259 e. The summed E-state index contributed by atoms with van der Waals surface area (Å²) in [4.78, 5) is 32.9. The number of fused-ring (bicyclic) bond motifs is 2. The van der Waals surface area contributed by atoms with Gasteiger partial charge in [-0.05, 0) is 50.1 Å². The Hall–Kier alpha value is -3.00. The standard InChI is InChI=1S/C24H25N3O4S/c1-3-26-13-18(22(28)17-6-4-15(2)25-23(17)26)24(29)27-9-8-21(32-11-10-27)16-5-7-19-20(12-16)31-14-30-19/h4-7,12-13,21H,3,8-11,14H2,1-2H3. The maximum absolute atomic E-state index is 13.4. The SMILES string of the molecule is CCn1cc(C(=O)N2CCSC(c3ccc4c(c3)OCO4)CC2)c(=O)c2ccc(C)nc21. The average molecular weight is 452 g/mol. The van der Waals surface area contributed by atoms with Gasteiger partial charge >= 0.3 is 0 Å². The van der Waals surface area contributed by atoms with E-state index in [1.807, 2.05) is 53.3 Å². The molecule has 2 aromatic heterocycles. The minimum absolute atomic E-state index is 0.202. The first kappa shape index (κ1) is 20.9. The van der Waals surface area contributed by atoms with Gasteiger partial charge in [0.05, 0.1) is 5.39 Å². The summed E-state index contributed by atoms with van der Waals surface area (Å²) in [6, 6.07) is 9.65. The average Bonchev–Trinajstić information content (AvgIpc) is 3.13. The van der Waals surface area contributed by atoms with E-state index in [1.54, 1.807) is 12.3 Å². The third kappa shape index (κ3) is 3.72. The first-order chi connectivity index (χ1) is 15.5. The molecular formula is C24H25N3O4S. The van der Waals surface area contributed by atoms with Crippen molar-refractivity contribution in [2.75, 3.05) is 25.6 Å². The monoisotopic (exact) mass is 451 g/mol. The number of carbonyl (C=O) groups is 1. The molecule has 8 heteroatoms. The van der Waals surface area contributed by atoms with Gasteiger partial charge in [0.25, 0.3) is 5.91 Å². The Morgan fingerprint density at radius 3 is 2.88 bits per heavy atom. The molecule has 4 heterocycles. The molecule has 2 aliphatic rings. The first-order valence-corrected chi connectivity index (χ1v) is 11.9. The molecule has 166 valence electrons. The lowest BCUT2D eigenvalue weighted by molar-refractivity contribution is 0.0764. The number of aryl methyl sites for hydroxylation is 2. The number of nitrogens with zero attached hydrogens (tertiary/aromatic N) is 3. The number of hydrogen-bond acceptors (Lipinski definition) is 6.